The Bertz CT molecular complexity index is 1400. The first-order valence-electron chi connectivity index (χ1n) is 12.5. The van der Waals surface area contributed by atoms with Crippen LogP contribution in [-0.4, -0.2) is 82.0 Å². The van der Waals surface area contributed by atoms with Crippen molar-refractivity contribution in [3.05, 3.63) is 72.6 Å². The number of amides is 1. The fraction of sp³-hybridized carbons (Fsp3) is 0.296. The number of carbonyl (C=O) groups excluding carboxylic acids is 1. The summed E-state index contributed by atoms with van der Waals surface area (Å²) >= 11 is 0. The van der Waals surface area contributed by atoms with Gasteiger partial charge in [-0.3, -0.25) is 4.79 Å². The number of carbonyl (C=O) groups is 1. The minimum Gasteiger partial charge on any atom is -0.383 e. The van der Waals surface area contributed by atoms with Gasteiger partial charge in [0.2, 0.25) is 5.91 Å². The Balaban J connectivity index is 1.28. The monoisotopic (exact) mass is 534 g/mol. The molecule has 39 heavy (non-hydrogen) atoms. The maximum Gasteiger partial charge on any atom is 0.244 e. The predicted molar refractivity (Wildman–Crippen MR) is 142 cm³/mol. The van der Waals surface area contributed by atoms with Gasteiger partial charge in [-0.25, -0.2) is 28.4 Å². The summed E-state index contributed by atoms with van der Waals surface area (Å²) in [5, 5.41) is 7.74. The molecule has 0 bridgehead atoms. The maximum absolute atomic E-state index is 13.6. The van der Waals surface area contributed by atoms with Gasteiger partial charge in [0.25, 0.3) is 0 Å². The van der Waals surface area contributed by atoms with Crippen LogP contribution in [0.25, 0.3) is 22.8 Å². The quantitative estimate of drug-likeness (QED) is 0.327. The Morgan fingerprint density at radius 2 is 1.62 bits per heavy atom. The van der Waals surface area contributed by atoms with Gasteiger partial charge < -0.3 is 19.9 Å². The fourth-order valence-corrected chi connectivity index (χ4v) is 4.30. The Labute approximate surface area is 224 Å². The second-order valence-electron chi connectivity index (χ2n) is 8.98. The molecule has 0 spiro atoms. The molecule has 0 saturated carbocycles. The van der Waals surface area contributed by atoms with Gasteiger partial charge in [0.15, 0.2) is 11.6 Å². The van der Waals surface area contributed by atoms with Crippen LogP contribution in [0.3, 0.4) is 0 Å². The average molecular weight is 535 g/mol. The van der Waals surface area contributed by atoms with E-state index >= 15 is 0 Å². The average Bonchev–Trinajstić information content (AvgIpc) is 3.38. The van der Waals surface area contributed by atoms with Crippen molar-refractivity contribution in [1.82, 2.24) is 29.6 Å². The summed E-state index contributed by atoms with van der Waals surface area (Å²) in [6, 6.07) is 13.5. The summed E-state index contributed by atoms with van der Waals surface area (Å²) in [5.74, 6) is 1.42. The van der Waals surface area contributed by atoms with Gasteiger partial charge in [-0.2, -0.15) is 0 Å². The highest BCUT2D eigenvalue weighted by atomic mass is 19.1. The summed E-state index contributed by atoms with van der Waals surface area (Å²) in [4.78, 5) is 30.4. The van der Waals surface area contributed by atoms with E-state index in [0.29, 0.717) is 67.9 Å². The first kappa shape index (κ1) is 26.2. The van der Waals surface area contributed by atoms with E-state index in [0.717, 1.165) is 5.82 Å². The molecule has 2 aromatic heterocycles. The number of anilines is 2. The third-order valence-corrected chi connectivity index (χ3v) is 6.38. The molecule has 0 atom stereocenters. The van der Waals surface area contributed by atoms with Gasteiger partial charge >= 0.3 is 0 Å². The van der Waals surface area contributed by atoms with Crippen molar-refractivity contribution in [2.45, 2.75) is 6.54 Å². The molecule has 1 saturated heterocycles. The lowest BCUT2D eigenvalue weighted by Crippen LogP contribution is -2.50. The number of rotatable bonds is 9. The summed E-state index contributed by atoms with van der Waals surface area (Å²) in [5.41, 5.74) is 1.23. The summed E-state index contributed by atoms with van der Waals surface area (Å²) < 4.78 is 33.6. The molecule has 1 N–H and O–H groups in total. The van der Waals surface area contributed by atoms with E-state index in [2.05, 4.69) is 30.3 Å². The molecule has 3 heterocycles. The highest BCUT2D eigenvalue weighted by molar-refractivity contribution is 5.77. The lowest BCUT2D eigenvalue weighted by Gasteiger charge is -2.35. The molecule has 0 radical (unpaired) electrons. The molecule has 2 aromatic carbocycles. The molecule has 202 valence electrons. The third-order valence-electron chi connectivity index (χ3n) is 6.38. The number of piperazine rings is 1. The van der Waals surface area contributed by atoms with Crippen molar-refractivity contribution in [2.24, 2.45) is 0 Å². The zero-order valence-corrected chi connectivity index (χ0v) is 21.4. The van der Waals surface area contributed by atoms with E-state index in [1.54, 1.807) is 36.3 Å². The molecule has 12 heteroatoms. The second-order valence-corrected chi connectivity index (χ2v) is 8.98. The number of aromatic nitrogens is 5. The van der Waals surface area contributed by atoms with Crippen LogP contribution >= 0.6 is 0 Å². The van der Waals surface area contributed by atoms with Crippen molar-refractivity contribution < 1.29 is 18.3 Å². The van der Waals surface area contributed by atoms with Crippen LogP contribution in [0.2, 0.25) is 0 Å². The van der Waals surface area contributed by atoms with E-state index in [4.69, 9.17) is 4.74 Å². The van der Waals surface area contributed by atoms with E-state index in [-0.39, 0.29) is 24.1 Å². The van der Waals surface area contributed by atoms with Crippen LogP contribution in [0.15, 0.2) is 60.9 Å². The topological polar surface area (TPSA) is 101 Å². The minimum atomic E-state index is -0.376. The minimum absolute atomic E-state index is 0.0397. The molecule has 4 aromatic rings. The number of halogens is 2. The number of nitrogens with zero attached hydrogens (tertiary/aromatic N) is 7. The lowest BCUT2D eigenvalue weighted by molar-refractivity contribution is -0.132. The largest absolute Gasteiger partial charge is 0.383 e. The number of benzene rings is 2. The van der Waals surface area contributed by atoms with Gasteiger partial charge in [0, 0.05) is 57.0 Å². The number of ether oxygens (including phenoxy) is 1. The summed E-state index contributed by atoms with van der Waals surface area (Å²) in [6.07, 6.45) is 1.52. The molecule has 0 aliphatic carbocycles. The van der Waals surface area contributed by atoms with Crippen molar-refractivity contribution in [2.75, 3.05) is 56.7 Å². The van der Waals surface area contributed by atoms with Crippen molar-refractivity contribution >= 4 is 17.5 Å². The SMILES string of the molecule is COCCNc1cc(N2CCN(C(=O)Cn3nc(-c4ccc(F)cc4)nc3-c3ccc(F)cc3)CC2)ncn1. The molecule has 1 fully saturated rings. The molecule has 0 unspecified atom stereocenters. The van der Waals surface area contributed by atoms with Crippen LogP contribution < -0.4 is 10.2 Å². The third kappa shape index (κ3) is 6.34. The van der Waals surface area contributed by atoms with Crippen LogP contribution in [0.5, 0.6) is 0 Å². The van der Waals surface area contributed by atoms with E-state index in [1.165, 1.54) is 35.3 Å². The number of hydrogen-bond acceptors (Lipinski definition) is 8. The highest BCUT2D eigenvalue weighted by Gasteiger charge is 2.24. The summed E-state index contributed by atoms with van der Waals surface area (Å²) in [6.45, 7) is 3.43. The van der Waals surface area contributed by atoms with Crippen LogP contribution in [0, 0.1) is 11.6 Å². The first-order chi connectivity index (χ1) is 19.0. The standard InChI is InChI=1S/C27H28F2N8O2/c1-39-15-10-30-23-16-24(32-18-31-23)35-11-13-36(14-12-35)25(38)17-37-27(20-4-8-22(29)9-5-20)33-26(34-37)19-2-6-21(28)7-3-19/h2-9,16,18H,10-15,17H2,1H3,(H,30,31,32). The molecular formula is C27H28F2N8O2. The number of nitrogens with one attached hydrogen (secondary N) is 1. The van der Waals surface area contributed by atoms with Crippen LogP contribution in [-0.2, 0) is 16.1 Å². The van der Waals surface area contributed by atoms with E-state index < -0.39 is 0 Å². The molecule has 1 amide bonds. The van der Waals surface area contributed by atoms with Gasteiger partial charge in [-0.05, 0) is 48.5 Å². The highest BCUT2D eigenvalue weighted by Crippen LogP contribution is 2.24. The summed E-state index contributed by atoms with van der Waals surface area (Å²) in [7, 11) is 1.64. The lowest BCUT2D eigenvalue weighted by atomic mass is 10.2. The predicted octanol–water partition coefficient (Wildman–Crippen LogP) is 3.09. The first-order valence-corrected chi connectivity index (χ1v) is 12.5. The van der Waals surface area contributed by atoms with Gasteiger partial charge in [0.05, 0.1) is 6.61 Å². The fourth-order valence-electron chi connectivity index (χ4n) is 4.30. The van der Waals surface area contributed by atoms with Crippen LogP contribution in [0.1, 0.15) is 0 Å². The van der Waals surface area contributed by atoms with E-state index in [9.17, 15) is 13.6 Å². The van der Waals surface area contributed by atoms with Crippen molar-refractivity contribution in [3.8, 4) is 22.8 Å². The van der Waals surface area contributed by atoms with Gasteiger partial charge in [0.1, 0.15) is 36.1 Å². The Kier molecular flexibility index (Phi) is 8.02. The zero-order chi connectivity index (χ0) is 27.2. The zero-order valence-electron chi connectivity index (χ0n) is 21.4. The maximum atomic E-state index is 13.6. The smallest absolute Gasteiger partial charge is 0.244 e. The molecule has 5 rings (SSSR count). The molecule has 1 aliphatic rings. The second kappa shape index (κ2) is 11.9. The normalized spacial score (nSPS) is 13.5. The molecule has 10 nitrogen and oxygen atoms in total. The van der Waals surface area contributed by atoms with E-state index in [1.807, 2.05) is 6.07 Å². The van der Waals surface area contributed by atoms with Gasteiger partial charge in [-0.15, -0.1) is 5.10 Å². The van der Waals surface area contributed by atoms with Crippen molar-refractivity contribution in [3.63, 3.8) is 0 Å². The van der Waals surface area contributed by atoms with Gasteiger partial charge in [-0.1, -0.05) is 0 Å². The Morgan fingerprint density at radius 1 is 0.949 bits per heavy atom. The van der Waals surface area contributed by atoms with Crippen molar-refractivity contribution in [1.29, 1.82) is 0 Å². The molecule has 1 aliphatic heterocycles. The Morgan fingerprint density at radius 3 is 2.28 bits per heavy atom. The Hall–Kier alpha value is -4.45. The molecular weight excluding hydrogens is 506 g/mol. The number of methoxy groups -OCH3 is 1. The van der Waals surface area contributed by atoms with Crippen LogP contribution in [0.4, 0.5) is 20.4 Å². The number of hydrogen-bond donors (Lipinski definition) is 1.